The fourth-order valence-corrected chi connectivity index (χ4v) is 1.96. The third kappa shape index (κ3) is 15.0. The maximum absolute atomic E-state index is 10.3. The van der Waals surface area contributed by atoms with Crippen molar-refractivity contribution in [2.24, 2.45) is 0 Å². The van der Waals surface area contributed by atoms with Crippen LogP contribution in [-0.4, -0.2) is 22.4 Å². The summed E-state index contributed by atoms with van der Waals surface area (Å²) >= 11 is 0. The van der Waals surface area contributed by atoms with Gasteiger partial charge in [-0.15, -0.1) is 0 Å². The van der Waals surface area contributed by atoms with E-state index in [4.69, 9.17) is 10.4 Å². The summed E-state index contributed by atoms with van der Waals surface area (Å²) in [7, 11) is 0. The van der Waals surface area contributed by atoms with Gasteiger partial charge in [-0.3, -0.25) is 10.1 Å². The van der Waals surface area contributed by atoms with Gasteiger partial charge in [0.1, 0.15) is 6.10 Å². The molecule has 0 rings (SSSR count). The van der Waals surface area contributed by atoms with Crippen molar-refractivity contribution in [1.82, 2.24) is 0 Å². The minimum Gasteiger partial charge on any atom is -0.481 e. The normalized spacial score (nSPS) is 13.5. The van der Waals surface area contributed by atoms with Gasteiger partial charge in [-0.2, -0.15) is 0 Å². The molecular weight excluding hydrogens is 280 g/mol. The van der Waals surface area contributed by atoms with Crippen molar-refractivity contribution in [3.05, 3.63) is 36.5 Å². The first-order valence-electron chi connectivity index (χ1n) is 8.21. The average Bonchev–Trinajstić information content (AvgIpc) is 2.50. The van der Waals surface area contributed by atoms with Gasteiger partial charge in [-0.05, 0) is 32.1 Å². The van der Waals surface area contributed by atoms with Gasteiger partial charge in [0.15, 0.2) is 0 Å². The van der Waals surface area contributed by atoms with Crippen molar-refractivity contribution in [3.63, 3.8) is 0 Å². The number of aliphatic carboxylic acids is 1. The largest absolute Gasteiger partial charge is 0.481 e. The topological polar surface area (TPSA) is 66.8 Å². The van der Waals surface area contributed by atoms with Gasteiger partial charge in [0.2, 0.25) is 0 Å². The quantitative estimate of drug-likeness (QED) is 0.153. The minimum absolute atomic E-state index is 0.221. The Labute approximate surface area is 134 Å². The van der Waals surface area contributed by atoms with Crippen LogP contribution in [0.2, 0.25) is 0 Å². The average molecular weight is 310 g/mol. The number of hydrogen-bond acceptors (Lipinski definition) is 3. The predicted molar refractivity (Wildman–Crippen MR) is 89.8 cm³/mol. The van der Waals surface area contributed by atoms with Crippen LogP contribution in [-0.2, 0) is 9.68 Å². The van der Waals surface area contributed by atoms with Gasteiger partial charge in [0.25, 0.3) is 0 Å². The standard InChI is InChI=1S/C18H30O4/c1-2-3-11-14-17(22-21)15-12-9-7-5-4-6-8-10-13-16-18(19)20/h4,6-7,9,12,15,17,21H,2-3,5,8,10-11,13-14,16H2,1H3,(H,19,20)/b6-4-,9-7-,15-12+/t17-/m1/s1. The fraction of sp³-hybridized carbons (Fsp3) is 0.611. The lowest BCUT2D eigenvalue weighted by molar-refractivity contribution is -0.267. The summed E-state index contributed by atoms with van der Waals surface area (Å²) in [5.41, 5.74) is 0. The lowest BCUT2D eigenvalue weighted by Gasteiger charge is -2.07. The number of carboxylic acids is 1. The summed E-state index contributed by atoms with van der Waals surface area (Å²) in [6, 6.07) is 0. The maximum Gasteiger partial charge on any atom is 0.303 e. The van der Waals surface area contributed by atoms with Crippen LogP contribution >= 0.6 is 0 Å². The van der Waals surface area contributed by atoms with Crippen molar-refractivity contribution < 1.29 is 20.0 Å². The molecule has 0 aliphatic carbocycles. The highest BCUT2D eigenvalue weighted by atomic mass is 17.1. The molecule has 0 spiro atoms. The Hall–Kier alpha value is -1.39. The zero-order valence-corrected chi connectivity index (χ0v) is 13.6. The minimum atomic E-state index is -0.724. The van der Waals surface area contributed by atoms with E-state index >= 15 is 0 Å². The zero-order chi connectivity index (χ0) is 16.5. The molecule has 1 atom stereocenters. The van der Waals surface area contributed by atoms with Crippen LogP contribution < -0.4 is 0 Å². The van der Waals surface area contributed by atoms with E-state index in [9.17, 15) is 4.79 Å². The van der Waals surface area contributed by atoms with Crippen molar-refractivity contribution in [2.75, 3.05) is 0 Å². The fourth-order valence-electron chi connectivity index (χ4n) is 1.96. The number of carboxylic acid groups (broad SMARTS) is 1. The van der Waals surface area contributed by atoms with E-state index in [2.05, 4.69) is 24.0 Å². The summed E-state index contributed by atoms with van der Waals surface area (Å²) in [4.78, 5) is 14.7. The first kappa shape index (κ1) is 20.6. The molecule has 0 radical (unpaired) electrons. The van der Waals surface area contributed by atoms with Crippen LogP contribution in [0.1, 0.15) is 64.7 Å². The van der Waals surface area contributed by atoms with Crippen LogP contribution in [0, 0.1) is 0 Å². The first-order valence-corrected chi connectivity index (χ1v) is 8.21. The van der Waals surface area contributed by atoms with E-state index in [1.165, 1.54) is 0 Å². The smallest absolute Gasteiger partial charge is 0.303 e. The maximum atomic E-state index is 10.3. The molecular formula is C18H30O4. The SMILES string of the molecule is CCCCC[C@H](/C=C/C=C\C/C=C\CCCCC(=O)O)OO. The number of hydrogen-bond donors (Lipinski definition) is 2. The highest BCUT2D eigenvalue weighted by Gasteiger charge is 2.02. The number of carbonyl (C=O) groups is 1. The summed E-state index contributed by atoms with van der Waals surface area (Å²) in [6.07, 6.45) is 19.6. The van der Waals surface area contributed by atoms with E-state index in [0.29, 0.717) is 0 Å². The van der Waals surface area contributed by atoms with Crippen molar-refractivity contribution in [1.29, 1.82) is 0 Å². The summed E-state index contributed by atoms with van der Waals surface area (Å²) in [6.45, 7) is 2.15. The molecule has 0 saturated carbocycles. The van der Waals surface area contributed by atoms with E-state index in [1.807, 2.05) is 24.3 Å². The predicted octanol–water partition coefficient (Wildman–Crippen LogP) is 5.13. The number of rotatable bonds is 14. The van der Waals surface area contributed by atoms with Crippen LogP contribution in [0.4, 0.5) is 0 Å². The zero-order valence-electron chi connectivity index (χ0n) is 13.6. The molecule has 0 aromatic carbocycles. The molecule has 0 unspecified atom stereocenters. The summed E-state index contributed by atoms with van der Waals surface area (Å²) < 4.78 is 0. The van der Waals surface area contributed by atoms with Crippen molar-refractivity contribution in [2.45, 2.75) is 70.8 Å². The molecule has 0 aliphatic heterocycles. The molecule has 0 amide bonds. The van der Waals surface area contributed by atoms with E-state index in [0.717, 1.165) is 51.4 Å². The summed E-state index contributed by atoms with van der Waals surface area (Å²) in [5, 5.41) is 17.3. The van der Waals surface area contributed by atoms with Crippen LogP contribution in [0.3, 0.4) is 0 Å². The first-order chi connectivity index (χ1) is 10.7. The highest BCUT2D eigenvalue weighted by Crippen LogP contribution is 2.07. The molecule has 0 aliphatic rings. The van der Waals surface area contributed by atoms with Crippen molar-refractivity contribution >= 4 is 5.97 Å². The molecule has 4 nitrogen and oxygen atoms in total. The van der Waals surface area contributed by atoms with Gasteiger partial charge in [-0.1, -0.05) is 62.6 Å². The van der Waals surface area contributed by atoms with E-state index < -0.39 is 5.97 Å². The third-order valence-electron chi connectivity index (χ3n) is 3.25. The molecule has 0 bridgehead atoms. The van der Waals surface area contributed by atoms with Crippen LogP contribution in [0.15, 0.2) is 36.5 Å². The lowest BCUT2D eigenvalue weighted by Crippen LogP contribution is -2.06. The molecule has 0 fully saturated rings. The van der Waals surface area contributed by atoms with Gasteiger partial charge >= 0.3 is 5.97 Å². The molecule has 126 valence electrons. The van der Waals surface area contributed by atoms with Gasteiger partial charge < -0.3 is 5.11 Å². The molecule has 22 heavy (non-hydrogen) atoms. The third-order valence-corrected chi connectivity index (χ3v) is 3.25. The monoisotopic (exact) mass is 310 g/mol. The van der Waals surface area contributed by atoms with Crippen LogP contribution in [0.25, 0.3) is 0 Å². The molecule has 0 heterocycles. The van der Waals surface area contributed by atoms with Gasteiger partial charge in [0, 0.05) is 6.42 Å². The lowest BCUT2D eigenvalue weighted by atomic mass is 10.1. The Balaban J connectivity index is 3.66. The Kier molecular flexibility index (Phi) is 15.0. The number of allylic oxidation sites excluding steroid dienone is 5. The molecule has 0 aromatic heterocycles. The molecule has 2 N–H and O–H groups in total. The Morgan fingerprint density at radius 2 is 1.91 bits per heavy atom. The molecule has 0 saturated heterocycles. The highest BCUT2D eigenvalue weighted by molar-refractivity contribution is 5.66. The van der Waals surface area contributed by atoms with E-state index in [-0.39, 0.29) is 12.5 Å². The summed E-state index contributed by atoms with van der Waals surface area (Å²) in [5.74, 6) is -0.724. The molecule has 4 heteroatoms. The second kappa shape index (κ2) is 16.0. The van der Waals surface area contributed by atoms with Crippen LogP contribution in [0.5, 0.6) is 0 Å². The van der Waals surface area contributed by atoms with Gasteiger partial charge in [-0.25, -0.2) is 4.89 Å². The second-order valence-corrected chi connectivity index (χ2v) is 5.30. The Morgan fingerprint density at radius 1 is 1.09 bits per heavy atom. The number of unbranched alkanes of at least 4 members (excludes halogenated alkanes) is 4. The Morgan fingerprint density at radius 3 is 2.59 bits per heavy atom. The van der Waals surface area contributed by atoms with Crippen molar-refractivity contribution in [3.8, 4) is 0 Å². The Bertz CT molecular complexity index is 345. The second-order valence-electron chi connectivity index (χ2n) is 5.30. The molecule has 0 aromatic rings. The van der Waals surface area contributed by atoms with E-state index in [1.54, 1.807) is 0 Å². The van der Waals surface area contributed by atoms with Gasteiger partial charge in [0.05, 0.1) is 0 Å².